The van der Waals surface area contributed by atoms with Crippen molar-refractivity contribution < 1.29 is 24.2 Å². The molecule has 2 amide bonds. The zero-order valence-electron chi connectivity index (χ0n) is 15.9. The van der Waals surface area contributed by atoms with E-state index in [2.05, 4.69) is 0 Å². The molecule has 1 unspecified atom stereocenters. The summed E-state index contributed by atoms with van der Waals surface area (Å²) in [7, 11) is 0. The van der Waals surface area contributed by atoms with Gasteiger partial charge >= 0.3 is 0 Å². The first kappa shape index (κ1) is 19.2. The van der Waals surface area contributed by atoms with Crippen molar-refractivity contribution >= 4 is 11.8 Å². The average Bonchev–Trinajstić information content (AvgIpc) is 3.11. The molecule has 1 aromatic rings. The smallest absolute Gasteiger partial charge is 0.254 e. The third-order valence-corrected chi connectivity index (χ3v) is 6.68. The number of phenols is 1. The Kier molecular flexibility index (Phi) is 5.04. The van der Waals surface area contributed by atoms with Gasteiger partial charge in [-0.2, -0.15) is 0 Å². The summed E-state index contributed by atoms with van der Waals surface area (Å²) in [5.74, 6) is -1.65. The van der Waals surface area contributed by atoms with Crippen LogP contribution in [0.2, 0.25) is 0 Å². The van der Waals surface area contributed by atoms with Crippen molar-refractivity contribution in [1.82, 2.24) is 9.80 Å². The molecule has 3 aliphatic rings. The zero-order chi connectivity index (χ0) is 19.9. The second-order valence-corrected chi connectivity index (χ2v) is 8.32. The van der Waals surface area contributed by atoms with Gasteiger partial charge in [-0.15, -0.1) is 0 Å². The molecule has 4 rings (SSSR count). The van der Waals surface area contributed by atoms with Gasteiger partial charge in [0.15, 0.2) is 11.6 Å². The molecule has 2 aliphatic heterocycles. The van der Waals surface area contributed by atoms with E-state index < -0.39 is 17.1 Å². The van der Waals surface area contributed by atoms with E-state index in [4.69, 9.17) is 0 Å². The standard InChI is InChI=1S/C21H27FN2O4/c22-17-8-3-14(13-18(17)26)19(27)24-12-2-10-21(24)9-1-11-23(20(21)28)15-4-6-16(25)7-5-15/h3,8,13,15-16,25-26H,1-2,4-7,9-12H2. The number of carbonyl (C=O) groups is 2. The summed E-state index contributed by atoms with van der Waals surface area (Å²) in [5.41, 5.74) is -0.638. The normalized spacial score (nSPS) is 30.9. The van der Waals surface area contributed by atoms with Crippen LogP contribution < -0.4 is 0 Å². The number of phenolic OH excluding ortho intramolecular Hbond substituents is 1. The Balaban J connectivity index is 1.58. The maximum atomic E-state index is 13.6. The fraction of sp³-hybridized carbons (Fsp3) is 0.619. The van der Waals surface area contributed by atoms with Gasteiger partial charge < -0.3 is 20.0 Å². The maximum absolute atomic E-state index is 13.6. The molecule has 1 saturated carbocycles. The van der Waals surface area contributed by atoms with Crippen LogP contribution in [-0.4, -0.2) is 62.6 Å². The second kappa shape index (κ2) is 7.35. The molecule has 2 saturated heterocycles. The lowest BCUT2D eigenvalue weighted by Gasteiger charge is -2.48. The van der Waals surface area contributed by atoms with Crippen LogP contribution in [0.5, 0.6) is 5.75 Å². The average molecular weight is 390 g/mol. The minimum absolute atomic E-state index is 0.0114. The van der Waals surface area contributed by atoms with Gasteiger partial charge in [0.2, 0.25) is 5.91 Å². The van der Waals surface area contributed by atoms with Crippen LogP contribution in [0.15, 0.2) is 18.2 Å². The lowest BCUT2D eigenvalue weighted by molar-refractivity contribution is -0.149. The number of piperidine rings is 1. The molecule has 2 N–H and O–H groups in total. The summed E-state index contributed by atoms with van der Waals surface area (Å²) in [4.78, 5) is 30.3. The maximum Gasteiger partial charge on any atom is 0.254 e. The number of halogens is 1. The Hall–Kier alpha value is -2.15. The molecule has 0 radical (unpaired) electrons. The highest BCUT2D eigenvalue weighted by Crippen LogP contribution is 2.41. The highest BCUT2D eigenvalue weighted by molar-refractivity contribution is 6.00. The Morgan fingerprint density at radius 1 is 1.11 bits per heavy atom. The molecule has 1 aliphatic carbocycles. The second-order valence-electron chi connectivity index (χ2n) is 8.32. The Morgan fingerprint density at radius 3 is 2.46 bits per heavy atom. The first-order valence-electron chi connectivity index (χ1n) is 10.2. The van der Waals surface area contributed by atoms with E-state index in [0.717, 1.165) is 37.8 Å². The monoisotopic (exact) mass is 390 g/mol. The number of nitrogens with zero attached hydrogens (tertiary/aromatic N) is 2. The van der Waals surface area contributed by atoms with Crippen molar-refractivity contribution in [2.24, 2.45) is 0 Å². The number of aliphatic hydroxyl groups is 1. The van der Waals surface area contributed by atoms with Crippen LogP contribution in [0, 0.1) is 5.82 Å². The minimum Gasteiger partial charge on any atom is -0.505 e. The Morgan fingerprint density at radius 2 is 1.79 bits per heavy atom. The van der Waals surface area contributed by atoms with Gasteiger partial charge in [-0.05, 0) is 69.6 Å². The summed E-state index contributed by atoms with van der Waals surface area (Å²) in [6, 6.07) is 3.70. The molecule has 3 fully saturated rings. The highest BCUT2D eigenvalue weighted by atomic mass is 19.1. The van der Waals surface area contributed by atoms with E-state index in [0.29, 0.717) is 38.8 Å². The predicted molar refractivity (Wildman–Crippen MR) is 100 cm³/mol. The fourth-order valence-electron chi connectivity index (χ4n) is 5.19. The molecule has 1 atom stereocenters. The topological polar surface area (TPSA) is 81.1 Å². The lowest BCUT2D eigenvalue weighted by atomic mass is 9.82. The molecule has 2 heterocycles. The van der Waals surface area contributed by atoms with Crippen molar-refractivity contribution in [1.29, 1.82) is 0 Å². The number of amides is 2. The summed E-state index contributed by atoms with van der Waals surface area (Å²) >= 11 is 0. The van der Waals surface area contributed by atoms with Crippen LogP contribution in [0.1, 0.15) is 61.7 Å². The van der Waals surface area contributed by atoms with Gasteiger partial charge in [0.25, 0.3) is 5.91 Å². The Bertz CT molecular complexity index is 778. The first-order chi connectivity index (χ1) is 13.4. The van der Waals surface area contributed by atoms with Gasteiger partial charge in [0.05, 0.1) is 6.10 Å². The quantitative estimate of drug-likeness (QED) is 0.813. The molecule has 28 heavy (non-hydrogen) atoms. The van der Waals surface area contributed by atoms with E-state index in [-0.39, 0.29) is 29.5 Å². The van der Waals surface area contributed by atoms with Gasteiger partial charge in [0.1, 0.15) is 5.54 Å². The summed E-state index contributed by atoms with van der Waals surface area (Å²) in [5, 5.41) is 19.4. The molecular weight excluding hydrogens is 363 g/mol. The first-order valence-corrected chi connectivity index (χ1v) is 10.2. The Labute approximate surface area is 163 Å². The number of aliphatic hydroxyl groups excluding tert-OH is 1. The van der Waals surface area contributed by atoms with Crippen LogP contribution in [0.3, 0.4) is 0 Å². The summed E-state index contributed by atoms with van der Waals surface area (Å²) < 4.78 is 13.4. The molecule has 0 bridgehead atoms. The van der Waals surface area contributed by atoms with Gasteiger partial charge in [-0.3, -0.25) is 9.59 Å². The van der Waals surface area contributed by atoms with Crippen LogP contribution in [0.25, 0.3) is 0 Å². The molecule has 1 spiro atoms. The molecule has 1 aromatic carbocycles. The fourth-order valence-corrected chi connectivity index (χ4v) is 5.19. The lowest BCUT2D eigenvalue weighted by Crippen LogP contribution is -2.63. The van der Waals surface area contributed by atoms with E-state index in [1.54, 1.807) is 4.90 Å². The molecule has 6 nitrogen and oxygen atoms in total. The van der Waals surface area contributed by atoms with Crippen molar-refractivity contribution in [3.63, 3.8) is 0 Å². The largest absolute Gasteiger partial charge is 0.505 e. The van der Waals surface area contributed by atoms with E-state index in [1.165, 1.54) is 6.07 Å². The summed E-state index contributed by atoms with van der Waals surface area (Å²) in [6.07, 6.45) is 5.59. The van der Waals surface area contributed by atoms with Crippen LogP contribution in [0.4, 0.5) is 4.39 Å². The van der Waals surface area contributed by atoms with E-state index >= 15 is 0 Å². The predicted octanol–water partition coefficient (Wildman–Crippen LogP) is 2.43. The number of carbonyl (C=O) groups excluding carboxylic acids is 2. The van der Waals surface area contributed by atoms with E-state index in [1.807, 2.05) is 4.90 Å². The number of hydrogen-bond acceptors (Lipinski definition) is 4. The number of hydrogen-bond donors (Lipinski definition) is 2. The summed E-state index contributed by atoms with van der Waals surface area (Å²) in [6.45, 7) is 1.18. The third-order valence-electron chi connectivity index (χ3n) is 6.68. The van der Waals surface area contributed by atoms with Crippen LogP contribution >= 0.6 is 0 Å². The zero-order valence-corrected chi connectivity index (χ0v) is 15.9. The van der Waals surface area contributed by atoms with Crippen molar-refractivity contribution in [3.8, 4) is 5.75 Å². The van der Waals surface area contributed by atoms with Crippen molar-refractivity contribution in [2.75, 3.05) is 13.1 Å². The van der Waals surface area contributed by atoms with Gasteiger partial charge in [-0.25, -0.2) is 4.39 Å². The van der Waals surface area contributed by atoms with Crippen molar-refractivity contribution in [2.45, 2.75) is 69.1 Å². The SMILES string of the molecule is O=C(c1ccc(F)c(O)c1)N1CCCC12CCCN(C1CCC(O)CC1)C2=O. The van der Waals surface area contributed by atoms with Crippen LogP contribution in [-0.2, 0) is 4.79 Å². The van der Waals surface area contributed by atoms with E-state index in [9.17, 15) is 24.2 Å². The molecule has 0 aromatic heterocycles. The van der Waals surface area contributed by atoms with Gasteiger partial charge in [0, 0.05) is 24.7 Å². The third kappa shape index (κ3) is 3.15. The minimum atomic E-state index is -0.838. The molecular formula is C21H27FN2O4. The number of benzene rings is 1. The number of likely N-dealkylation sites (tertiary alicyclic amines) is 2. The highest BCUT2D eigenvalue weighted by Gasteiger charge is 2.53. The number of rotatable bonds is 2. The number of aromatic hydroxyl groups is 1. The molecule has 152 valence electrons. The van der Waals surface area contributed by atoms with Gasteiger partial charge in [-0.1, -0.05) is 0 Å². The van der Waals surface area contributed by atoms with Crippen molar-refractivity contribution in [3.05, 3.63) is 29.6 Å². The molecule has 7 heteroatoms.